The first kappa shape index (κ1) is 10.6. The largest absolute Gasteiger partial charge is 0.317 e. The summed E-state index contributed by atoms with van der Waals surface area (Å²) in [7, 11) is 0. The van der Waals surface area contributed by atoms with Crippen molar-refractivity contribution in [3.05, 3.63) is 12.2 Å². The average Bonchev–Trinajstić information content (AvgIpc) is 2.78. The van der Waals surface area contributed by atoms with Crippen LogP contribution in [-0.4, -0.2) is 27.9 Å². The highest BCUT2D eigenvalue weighted by Crippen LogP contribution is 2.35. The Bertz CT molecular complexity index is 312. The van der Waals surface area contributed by atoms with Crippen LogP contribution in [0, 0.1) is 0 Å². The maximum Gasteiger partial charge on any atom is 0.138 e. The Labute approximate surface area is 91.1 Å². The van der Waals surface area contributed by atoms with Gasteiger partial charge in [-0.3, -0.25) is 0 Å². The Morgan fingerprint density at radius 3 is 2.73 bits per heavy atom. The maximum absolute atomic E-state index is 4.48. The van der Waals surface area contributed by atoms with Gasteiger partial charge < -0.3 is 5.32 Å². The first-order valence-electron chi connectivity index (χ1n) is 5.91. The first-order chi connectivity index (χ1) is 7.32. The number of hydrogen-bond acceptors (Lipinski definition) is 3. The molecule has 0 spiro atoms. The zero-order chi connectivity index (χ0) is 10.7. The van der Waals surface area contributed by atoms with Crippen LogP contribution in [0.15, 0.2) is 6.33 Å². The molecule has 1 saturated heterocycles. The second kappa shape index (κ2) is 4.31. The van der Waals surface area contributed by atoms with E-state index in [1.165, 1.54) is 18.7 Å². The molecule has 1 aromatic rings. The molecule has 1 aliphatic heterocycles. The van der Waals surface area contributed by atoms with Crippen molar-refractivity contribution in [3.8, 4) is 0 Å². The Balaban J connectivity index is 2.32. The zero-order valence-corrected chi connectivity index (χ0v) is 9.66. The van der Waals surface area contributed by atoms with Crippen LogP contribution in [0.2, 0.25) is 0 Å². The van der Waals surface area contributed by atoms with Crippen molar-refractivity contribution in [2.24, 2.45) is 0 Å². The summed E-state index contributed by atoms with van der Waals surface area (Å²) < 4.78 is 2.05. The van der Waals surface area contributed by atoms with Crippen molar-refractivity contribution >= 4 is 0 Å². The third-order valence-electron chi connectivity index (χ3n) is 3.63. The van der Waals surface area contributed by atoms with E-state index in [9.17, 15) is 0 Å². The molecule has 0 unspecified atom stereocenters. The molecular formula is C11H20N4. The van der Waals surface area contributed by atoms with Gasteiger partial charge in [0.05, 0.1) is 0 Å². The normalized spacial score (nSPS) is 20.4. The smallest absolute Gasteiger partial charge is 0.138 e. The Kier molecular flexibility index (Phi) is 3.05. The fourth-order valence-electron chi connectivity index (χ4n) is 2.55. The molecule has 1 aliphatic rings. The lowest BCUT2D eigenvalue weighted by Gasteiger charge is -2.35. The fraction of sp³-hybridized carbons (Fsp3) is 0.818. The number of aryl methyl sites for hydroxylation is 1. The van der Waals surface area contributed by atoms with E-state index in [1.807, 2.05) is 0 Å². The van der Waals surface area contributed by atoms with Gasteiger partial charge in [-0.2, -0.15) is 5.10 Å². The van der Waals surface area contributed by atoms with Crippen LogP contribution >= 0.6 is 0 Å². The van der Waals surface area contributed by atoms with Gasteiger partial charge in [0.25, 0.3) is 0 Å². The summed E-state index contributed by atoms with van der Waals surface area (Å²) in [4.78, 5) is 4.48. The van der Waals surface area contributed by atoms with Crippen LogP contribution in [0.1, 0.15) is 38.9 Å². The Morgan fingerprint density at radius 1 is 1.40 bits per heavy atom. The highest BCUT2D eigenvalue weighted by molar-refractivity contribution is 5.09. The predicted octanol–water partition coefficient (Wildman–Crippen LogP) is 1.33. The number of nitrogens with zero attached hydrogens (tertiary/aromatic N) is 3. The molecule has 0 radical (unpaired) electrons. The van der Waals surface area contributed by atoms with Gasteiger partial charge in [-0.1, -0.05) is 6.92 Å². The summed E-state index contributed by atoms with van der Waals surface area (Å²) in [6, 6.07) is 0. The molecule has 0 aliphatic carbocycles. The fourth-order valence-corrected chi connectivity index (χ4v) is 2.55. The molecule has 0 saturated carbocycles. The molecule has 1 N–H and O–H groups in total. The number of rotatable bonds is 3. The second-order valence-electron chi connectivity index (χ2n) is 4.28. The van der Waals surface area contributed by atoms with Crippen LogP contribution in [0.3, 0.4) is 0 Å². The van der Waals surface area contributed by atoms with E-state index >= 15 is 0 Å². The van der Waals surface area contributed by atoms with E-state index in [2.05, 4.69) is 33.9 Å². The molecule has 0 aromatic carbocycles. The van der Waals surface area contributed by atoms with Crippen LogP contribution in [-0.2, 0) is 12.0 Å². The van der Waals surface area contributed by atoms with E-state index in [1.54, 1.807) is 6.33 Å². The molecule has 4 heteroatoms. The van der Waals surface area contributed by atoms with Crippen molar-refractivity contribution in [1.82, 2.24) is 20.1 Å². The summed E-state index contributed by atoms with van der Waals surface area (Å²) in [5.41, 5.74) is 0.262. The minimum atomic E-state index is 0.262. The maximum atomic E-state index is 4.48. The summed E-state index contributed by atoms with van der Waals surface area (Å²) in [5.74, 6) is 1.19. The third-order valence-corrected chi connectivity index (χ3v) is 3.63. The van der Waals surface area contributed by atoms with Gasteiger partial charge in [0.1, 0.15) is 12.2 Å². The monoisotopic (exact) mass is 208 g/mol. The van der Waals surface area contributed by atoms with Gasteiger partial charge in [0.2, 0.25) is 0 Å². The molecule has 1 fully saturated rings. The summed E-state index contributed by atoms with van der Waals surface area (Å²) in [5, 5.41) is 7.70. The van der Waals surface area contributed by atoms with Crippen LogP contribution < -0.4 is 5.32 Å². The molecule has 84 valence electrons. The molecule has 1 aromatic heterocycles. The van der Waals surface area contributed by atoms with Crippen LogP contribution in [0.25, 0.3) is 0 Å². The molecule has 0 amide bonds. The summed E-state index contributed by atoms with van der Waals surface area (Å²) >= 11 is 0. The lowest BCUT2D eigenvalue weighted by atomic mass is 9.76. The van der Waals surface area contributed by atoms with Crippen molar-refractivity contribution in [2.45, 2.75) is 45.1 Å². The van der Waals surface area contributed by atoms with Gasteiger partial charge in [-0.15, -0.1) is 0 Å². The molecule has 15 heavy (non-hydrogen) atoms. The Hall–Kier alpha value is -0.900. The number of aromatic nitrogens is 3. The van der Waals surface area contributed by atoms with E-state index in [-0.39, 0.29) is 5.41 Å². The van der Waals surface area contributed by atoms with Gasteiger partial charge in [-0.05, 0) is 39.3 Å². The van der Waals surface area contributed by atoms with Crippen molar-refractivity contribution in [1.29, 1.82) is 0 Å². The standard InChI is InChI=1S/C11H20N4/c1-3-11(5-7-12-8-6-11)10-13-9-14-15(10)4-2/h9,12H,3-8H2,1-2H3. The summed E-state index contributed by atoms with van der Waals surface area (Å²) in [6.07, 6.45) is 5.22. The molecule has 2 rings (SSSR count). The van der Waals surface area contributed by atoms with Gasteiger partial charge >= 0.3 is 0 Å². The first-order valence-corrected chi connectivity index (χ1v) is 5.91. The van der Waals surface area contributed by atoms with Crippen molar-refractivity contribution < 1.29 is 0 Å². The van der Waals surface area contributed by atoms with Gasteiger partial charge in [0.15, 0.2) is 0 Å². The van der Waals surface area contributed by atoms with E-state index in [0.29, 0.717) is 0 Å². The number of nitrogens with one attached hydrogen (secondary N) is 1. The van der Waals surface area contributed by atoms with E-state index in [4.69, 9.17) is 0 Å². The summed E-state index contributed by atoms with van der Waals surface area (Å²) in [6.45, 7) is 7.52. The second-order valence-corrected chi connectivity index (χ2v) is 4.28. The van der Waals surface area contributed by atoms with Gasteiger partial charge in [0, 0.05) is 12.0 Å². The van der Waals surface area contributed by atoms with Crippen molar-refractivity contribution in [2.75, 3.05) is 13.1 Å². The lowest BCUT2D eigenvalue weighted by Crippen LogP contribution is -2.41. The predicted molar refractivity (Wildman–Crippen MR) is 59.8 cm³/mol. The van der Waals surface area contributed by atoms with Crippen LogP contribution in [0.4, 0.5) is 0 Å². The zero-order valence-electron chi connectivity index (χ0n) is 9.66. The third kappa shape index (κ3) is 1.78. The average molecular weight is 208 g/mol. The molecule has 2 heterocycles. The number of hydrogen-bond donors (Lipinski definition) is 1. The Morgan fingerprint density at radius 2 is 2.13 bits per heavy atom. The van der Waals surface area contributed by atoms with Crippen molar-refractivity contribution in [3.63, 3.8) is 0 Å². The SMILES string of the molecule is CCn1ncnc1C1(CC)CCNCC1. The van der Waals surface area contributed by atoms with E-state index < -0.39 is 0 Å². The highest BCUT2D eigenvalue weighted by Gasteiger charge is 2.36. The molecule has 0 bridgehead atoms. The molecular weight excluding hydrogens is 188 g/mol. The molecule has 0 atom stereocenters. The van der Waals surface area contributed by atoms with Crippen LogP contribution in [0.5, 0.6) is 0 Å². The highest BCUT2D eigenvalue weighted by atomic mass is 15.3. The molecule has 4 nitrogen and oxygen atoms in total. The topological polar surface area (TPSA) is 42.7 Å². The quantitative estimate of drug-likeness (QED) is 0.815. The van der Waals surface area contributed by atoms with E-state index in [0.717, 1.165) is 26.1 Å². The lowest BCUT2D eigenvalue weighted by molar-refractivity contribution is 0.270. The number of piperidine rings is 1. The minimum absolute atomic E-state index is 0.262. The minimum Gasteiger partial charge on any atom is -0.317 e. The van der Waals surface area contributed by atoms with Gasteiger partial charge in [-0.25, -0.2) is 9.67 Å².